The van der Waals surface area contributed by atoms with Crippen molar-refractivity contribution in [1.82, 2.24) is 4.90 Å². The van der Waals surface area contributed by atoms with Crippen LogP contribution in [0.3, 0.4) is 0 Å². The van der Waals surface area contributed by atoms with Gasteiger partial charge in [0.2, 0.25) is 0 Å². The third-order valence-corrected chi connectivity index (χ3v) is 5.44. The predicted octanol–water partition coefficient (Wildman–Crippen LogP) is 3.24. The Labute approximate surface area is 129 Å². The molecule has 1 aromatic carbocycles. The van der Waals surface area contributed by atoms with Gasteiger partial charge in [-0.15, -0.1) is 0 Å². The number of benzene rings is 1. The van der Waals surface area contributed by atoms with Crippen LogP contribution in [0.15, 0.2) is 22.7 Å². The van der Waals surface area contributed by atoms with Gasteiger partial charge in [-0.25, -0.2) is 0 Å². The lowest BCUT2D eigenvalue weighted by Crippen LogP contribution is -2.52. The van der Waals surface area contributed by atoms with Gasteiger partial charge in [-0.2, -0.15) is 5.26 Å². The summed E-state index contributed by atoms with van der Waals surface area (Å²) in [5, 5.41) is 9.00. The molecule has 106 valence electrons. The number of hydrogen-bond donors (Lipinski definition) is 0. The number of likely N-dealkylation sites (tertiary alicyclic amines) is 1. The highest BCUT2D eigenvalue weighted by Crippen LogP contribution is 2.33. The third kappa shape index (κ3) is 2.57. The van der Waals surface area contributed by atoms with Gasteiger partial charge in [0.05, 0.1) is 5.56 Å². The number of anilines is 1. The Bertz CT molecular complexity index is 537. The molecule has 0 bridgehead atoms. The zero-order chi connectivity index (χ0) is 14.1. The van der Waals surface area contributed by atoms with E-state index in [2.05, 4.69) is 51.0 Å². The molecule has 20 heavy (non-hydrogen) atoms. The van der Waals surface area contributed by atoms with Crippen molar-refractivity contribution in [2.24, 2.45) is 5.92 Å². The van der Waals surface area contributed by atoms with E-state index in [-0.39, 0.29) is 0 Å². The minimum Gasteiger partial charge on any atom is -0.371 e. The van der Waals surface area contributed by atoms with Crippen LogP contribution in [-0.4, -0.2) is 37.6 Å². The summed E-state index contributed by atoms with van der Waals surface area (Å²) < 4.78 is 0.903. The molecule has 0 N–H and O–H groups in total. The number of piperidine rings is 2. The monoisotopic (exact) mass is 333 g/mol. The van der Waals surface area contributed by atoms with Crippen LogP contribution in [0.4, 0.5) is 5.69 Å². The van der Waals surface area contributed by atoms with E-state index < -0.39 is 0 Å². The van der Waals surface area contributed by atoms with E-state index in [4.69, 9.17) is 5.26 Å². The maximum Gasteiger partial charge on any atom is 0.100 e. The number of nitrogens with zero attached hydrogens (tertiary/aromatic N) is 3. The molecule has 2 heterocycles. The second kappa shape index (κ2) is 5.75. The molecule has 0 amide bonds. The van der Waals surface area contributed by atoms with Crippen LogP contribution in [0.25, 0.3) is 0 Å². The molecule has 0 saturated carbocycles. The van der Waals surface area contributed by atoms with E-state index in [0.717, 1.165) is 29.5 Å². The summed E-state index contributed by atoms with van der Waals surface area (Å²) in [7, 11) is 2.27. The zero-order valence-electron chi connectivity index (χ0n) is 11.8. The molecular weight excluding hydrogens is 314 g/mol. The molecule has 0 aliphatic carbocycles. The standard InChI is InChI=1S/C16H20BrN3/c1-19-7-2-3-13-11-20(8-6-16(13)19)14-5-4-12(10-18)15(17)9-14/h4-5,9,13,16H,2-3,6-8,11H2,1H3. The number of fused-ring (bicyclic) bond motifs is 1. The summed E-state index contributed by atoms with van der Waals surface area (Å²) in [5.74, 6) is 0.789. The summed E-state index contributed by atoms with van der Waals surface area (Å²) in [4.78, 5) is 5.02. The molecule has 4 heteroatoms. The highest BCUT2D eigenvalue weighted by molar-refractivity contribution is 9.10. The summed E-state index contributed by atoms with van der Waals surface area (Å²) in [6.07, 6.45) is 3.92. The van der Waals surface area contributed by atoms with Gasteiger partial charge in [-0.3, -0.25) is 0 Å². The van der Waals surface area contributed by atoms with Crippen molar-refractivity contribution in [2.75, 3.05) is 31.6 Å². The molecule has 2 aliphatic rings. The van der Waals surface area contributed by atoms with Gasteiger partial charge < -0.3 is 9.80 Å². The van der Waals surface area contributed by atoms with Crippen LogP contribution in [0.2, 0.25) is 0 Å². The SMILES string of the molecule is CN1CCCC2CN(c3ccc(C#N)c(Br)c3)CCC21. The molecular formula is C16H20BrN3. The van der Waals surface area contributed by atoms with Gasteiger partial charge >= 0.3 is 0 Å². The first kappa shape index (κ1) is 13.9. The van der Waals surface area contributed by atoms with Crippen molar-refractivity contribution < 1.29 is 0 Å². The van der Waals surface area contributed by atoms with Gasteiger partial charge in [-0.05, 0) is 72.9 Å². The second-order valence-electron chi connectivity index (χ2n) is 5.96. The van der Waals surface area contributed by atoms with E-state index in [1.54, 1.807) is 0 Å². The van der Waals surface area contributed by atoms with Crippen LogP contribution >= 0.6 is 15.9 Å². The van der Waals surface area contributed by atoms with Gasteiger partial charge in [0.25, 0.3) is 0 Å². The topological polar surface area (TPSA) is 30.3 Å². The van der Waals surface area contributed by atoms with Crippen LogP contribution in [0, 0.1) is 17.2 Å². The zero-order valence-corrected chi connectivity index (χ0v) is 13.4. The largest absolute Gasteiger partial charge is 0.371 e. The van der Waals surface area contributed by atoms with Gasteiger partial charge in [0.15, 0.2) is 0 Å². The van der Waals surface area contributed by atoms with E-state index >= 15 is 0 Å². The van der Waals surface area contributed by atoms with Crippen molar-refractivity contribution in [3.8, 4) is 6.07 Å². The Kier molecular flexibility index (Phi) is 4.00. The smallest absolute Gasteiger partial charge is 0.100 e. The molecule has 0 spiro atoms. The van der Waals surface area contributed by atoms with Crippen LogP contribution in [0.5, 0.6) is 0 Å². The lowest BCUT2D eigenvalue weighted by atomic mass is 9.84. The molecule has 3 nitrogen and oxygen atoms in total. The minimum atomic E-state index is 0.709. The highest BCUT2D eigenvalue weighted by Gasteiger charge is 2.34. The minimum absolute atomic E-state index is 0.709. The van der Waals surface area contributed by atoms with Crippen molar-refractivity contribution in [2.45, 2.75) is 25.3 Å². The fraction of sp³-hybridized carbons (Fsp3) is 0.562. The Morgan fingerprint density at radius 1 is 1.30 bits per heavy atom. The third-order valence-electron chi connectivity index (χ3n) is 4.78. The van der Waals surface area contributed by atoms with Crippen molar-refractivity contribution in [1.29, 1.82) is 5.26 Å². The average Bonchev–Trinajstić information content (AvgIpc) is 2.47. The lowest BCUT2D eigenvalue weighted by Gasteiger charge is -2.46. The Morgan fingerprint density at radius 3 is 2.90 bits per heavy atom. The van der Waals surface area contributed by atoms with Crippen LogP contribution < -0.4 is 4.90 Å². The number of rotatable bonds is 1. The molecule has 1 aromatic rings. The summed E-state index contributed by atoms with van der Waals surface area (Å²) in [5.41, 5.74) is 1.95. The van der Waals surface area contributed by atoms with Gasteiger partial charge in [-0.1, -0.05) is 0 Å². The summed E-state index contributed by atoms with van der Waals surface area (Å²) >= 11 is 3.49. The molecule has 2 unspecified atom stereocenters. The fourth-order valence-corrected chi connectivity index (χ4v) is 4.13. The number of hydrogen-bond acceptors (Lipinski definition) is 3. The molecule has 0 aromatic heterocycles. The van der Waals surface area contributed by atoms with Crippen molar-refractivity contribution >= 4 is 21.6 Å². The summed E-state index contributed by atoms with van der Waals surface area (Å²) in [6, 6.07) is 9.05. The van der Waals surface area contributed by atoms with Crippen LogP contribution in [0.1, 0.15) is 24.8 Å². The Balaban J connectivity index is 1.76. The first-order valence-electron chi connectivity index (χ1n) is 7.34. The molecule has 3 rings (SSSR count). The maximum atomic E-state index is 9.00. The Morgan fingerprint density at radius 2 is 2.15 bits per heavy atom. The fourth-order valence-electron chi connectivity index (χ4n) is 3.68. The predicted molar refractivity (Wildman–Crippen MR) is 84.8 cm³/mol. The molecule has 2 aliphatic heterocycles. The lowest BCUT2D eigenvalue weighted by molar-refractivity contribution is 0.102. The first-order chi connectivity index (χ1) is 9.69. The Hall–Kier alpha value is -1.05. The molecule has 2 atom stereocenters. The molecule has 2 saturated heterocycles. The van der Waals surface area contributed by atoms with Gasteiger partial charge in [0.1, 0.15) is 6.07 Å². The van der Waals surface area contributed by atoms with Crippen molar-refractivity contribution in [3.05, 3.63) is 28.2 Å². The summed E-state index contributed by atoms with van der Waals surface area (Å²) in [6.45, 7) is 3.51. The number of nitriles is 1. The van der Waals surface area contributed by atoms with Crippen molar-refractivity contribution in [3.63, 3.8) is 0 Å². The van der Waals surface area contributed by atoms with E-state index in [1.807, 2.05) is 6.07 Å². The van der Waals surface area contributed by atoms with E-state index in [0.29, 0.717) is 5.56 Å². The van der Waals surface area contributed by atoms with E-state index in [1.165, 1.54) is 31.5 Å². The molecule has 0 radical (unpaired) electrons. The quantitative estimate of drug-likeness (QED) is 0.790. The van der Waals surface area contributed by atoms with E-state index in [9.17, 15) is 0 Å². The van der Waals surface area contributed by atoms with Crippen LogP contribution in [-0.2, 0) is 0 Å². The second-order valence-corrected chi connectivity index (χ2v) is 6.82. The normalized spacial score (nSPS) is 26.9. The first-order valence-corrected chi connectivity index (χ1v) is 8.13. The number of halogens is 1. The maximum absolute atomic E-state index is 9.00. The van der Waals surface area contributed by atoms with Gasteiger partial charge in [0, 0.05) is 29.3 Å². The average molecular weight is 334 g/mol. The highest BCUT2D eigenvalue weighted by atomic mass is 79.9. The molecule has 2 fully saturated rings.